The third-order valence-electron chi connectivity index (χ3n) is 2.99. The van der Waals surface area contributed by atoms with E-state index in [1.165, 1.54) is 10.8 Å². The van der Waals surface area contributed by atoms with Crippen molar-refractivity contribution in [3.05, 3.63) is 12.4 Å². The number of rotatable bonds is 4. The summed E-state index contributed by atoms with van der Waals surface area (Å²) in [6, 6.07) is 2.26. The minimum absolute atomic E-state index is 0.428. The highest BCUT2D eigenvalue weighted by molar-refractivity contribution is 5.53. The molecule has 0 aromatic carbocycles. The Kier molecular flexibility index (Phi) is 3.12. The molecule has 2 N–H and O–H groups in total. The SMILES string of the molecule is CCCC(C)N(C)c1cc(N)n2ncnc2n1. The van der Waals surface area contributed by atoms with Crippen LogP contribution in [0.3, 0.4) is 0 Å². The van der Waals surface area contributed by atoms with Crippen LogP contribution in [0.2, 0.25) is 0 Å². The molecule has 2 aromatic heterocycles. The zero-order valence-electron chi connectivity index (χ0n) is 10.5. The summed E-state index contributed by atoms with van der Waals surface area (Å²) in [6.07, 6.45) is 3.72. The first-order valence-electron chi connectivity index (χ1n) is 5.82. The second-order valence-corrected chi connectivity index (χ2v) is 4.26. The maximum Gasteiger partial charge on any atom is 0.256 e. The van der Waals surface area contributed by atoms with Gasteiger partial charge in [0.15, 0.2) is 0 Å². The second kappa shape index (κ2) is 4.57. The van der Waals surface area contributed by atoms with Gasteiger partial charge in [0, 0.05) is 19.2 Å². The van der Waals surface area contributed by atoms with Crippen LogP contribution in [0, 0.1) is 0 Å². The lowest BCUT2D eigenvalue weighted by Crippen LogP contribution is -2.29. The van der Waals surface area contributed by atoms with E-state index in [0.717, 1.165) is 18.7 Å². The van der Waals surface area contributed by atoms with Gasteiger partial charge in [-0.25, -0.2) is 0 Å². The fourth-order valence-electron chi connectivity index (χ4n) is 1.84. The van der Waals surface area contributed by atoms with Crippen molar-refractivity contribution in [3.63, 3.8) is 0 Å². The van der Waals surface area contributed by atoms with Gasteiger partial charge in [0.1, 0.15) is 18.0 Å². The summed E-state index contributed by atoms with van der Waals surface area (Å²) >= 11 is 0. The van der Waals surface area contributed by atoms with E-state index in [0.29, 0.717) is 17.6 Å². The molecule has 1 atom stereocenters. The fourth-order valence-corrected chi connectivity index (χ4v) is 1.84. The first-order chi connectivity index (χ1) is 8.13. The van der Waals surface area contributed by atoms with E-state index in [4.69, 9.17) is 5.73 Å². The maximum absolute atomic E-state index is 5.91. The van der Waals surface area contributed by atoms with E-state index < -0.39 is 0 Å². The van der Waals surface area contributed by atoms with Crippen LogP contribution in [0.4, 0.5) is 11.6 Å². The average Bonchev–Trinajstić information content (AvgIpc) is 2.77. The average molecular weight is 234 g/mol. The van der Waals surface area contributed by atoms with Gasteiger partial charge in [-0.2, -0.15) is 19.6 Å². The van der Waals surface area contributed by atoms with E-state index >= 15 is 0 Å². The number of hydrogen-bond donors (Lipinski definition) is 1. The number of aromatic nitrogens is 4. The molecule has 2 aromatic rings. The van der Waals surface area contributed by atoms with Crippen molar-refractivity contribution in [1.29, 1.82) is 0 Å². The Labute approximate surface area is 100 Å². The van der Waals surface area contributed by atoms with Crippen LogP contribution in [0.15, 0.2) is 12.4 Å². The minimum Gasteiger partial charge on any atom is -0.383 e. The Hall–Kier alpha value is -1.85. The van der Waals surface area contributed by atoms with E-state index in [9.17, 15) is 0 Å². The molecule has 0 spiro atoms. The molecule has 0 amide bonds. The van der Waals surface area contributed by atoms with Crippen molar-refractivity contribution in [1.82, 2.24) is 19.6 Å². The van der Waals surface area contributed by atoms with Gasteiger partial charge in [-0.3, -0.25) is 0 Å². The van der Waals surface area contributed by atoms with Gasteiger partial charge in [0.25, 0.3) is 5.78 Å². The molecule has 17 heavy (non-hydrogen) atoms. The summed E-state index contributed by atoms with van der Waals surface area (Å²) in [5.74, 6) is 1.93. The molecule has 0 radical (unpaired) electrons. The molecule has 6 heteroatoms. The molecule has 92 valence electrons. The number of hydrogen-bond acceptors (Lipinski definition) is 5. The first kappa shape index (κ1) is 11.6. The van der Waals surface area contributed by atoms with Crippen LogP contribution in [-0.2, 0) is 0 Å². The molecule has 0 aliphatic heterocycles. The van der Waals surface area contributed by atoms with E-state index in [-0.39, 0.29) is 0 Å². The summed E-state index contributed by atoms with van der Waals surface area (Å²) in [5, 5.41) is 4.00. The summed E-state index contributed by atoms with van der Waals surface area (Å²) in [4.78, 5) is 10.6. The van der Waals surface area contributed by atoms with Crippen LogP contribution in [0.25, 0.3) is 5.78 Å². The van der Waals surface area contributed by atoms with E-state index in [2.05, 4.69) is 33.8 Å². The zero-order chi connectivity index (χ0) is 12.4. The highest BCUT2D eigenvalue weighted by atomic mass is 15.4. The highest BCUT2D eigenvalue weighted by Gasteiger charge is 2.13. The Morgan fingerprint density at radius 2 is 2.29 bits per heavy atom. The van der Waals surface area contributed by atoms with E-state index in [1.54, 1.807) is 0 Å². The first-order valence-corrected chi connectivity index (χ1v) is 5.82. The molecular formula is C11H18N6. The Balaban J connectivity index is 2.34. The van der Waals surface area contributed by atoms with Crippen molar-refractivity contribution in [2.24, 2.45) is 0 Å². The summed E-state index contributed by atoms with van der Waals surface area (Å²) < 4.78 is 1.53. The van der Waals surface area contributed by atoms with Crippen molar-refractivity contribution in [2.45, 2.75) is 32.7 Å². The van der Waals surface area contributed by atoms with Crippen molar-refractivity contribution in [2.75, 3.05) is 17.7 Å². The Bertz CT molecular complexity index is 506. The standard InChI is InChI=1S/C11H18N6/c1-4-5-8(2)16(3)10-6-9(12)17-11(15-10)13-7-14-17/h6-8H,4-5,12H2,1-3H3. The smallest absolute Gasteiger partial charge is 0.256 e. The van der Waals surface area contributed by atoms with Crippen molar-refractivity contribution in [3.8, 4) is 0 Å². The molecule has 0 bridgehead atoms. The normalized spacial score (nSPS) is 12.9. The minimum atomic E-state index is 0.428. The lowest BCUT2D eigenvalue weighted by molar-refractivity contribution is 0.611. The van der Waals surface area contributed by atoms with Crippen LogP contribution in [-0.4, -0.2) is 32.7 Å². The second-order valence-electron chi connectivity index (χ2n) is 4.26. The van der Waals surface area contributed by atoms with E-state index in [1.807, 2.05) is 13.1 Å². The van der Waals surface area contributed by atoms with Crippen LogP contribution < -0.4 is 10.6 Å². The Morgan fingerprint density at radius 3 is 3.00 bits per heavy atom. The van der Waals surface area contributed by atoms with Gasteiger partial charge in [-0.1, -0.05) is 13.3 Å². The van der Waals surface area contributed by atoms with Crippen molar-refractivity contribution < 1.29 is 0 Å². The van der Waals surface area contributed by atoms with Gasteiger partial charge in [-0.05, 0) is 13.3 Å². The van der Waals surface area contributed by atoms with Crippen LogP contribution >= 0.6 is 0 Å². The summed E-state index contributed by atoms with van der Waals surface area (Å²) in [6.45, 7) is 4.35. The predicted molar refractivity (Wildman–Crippen MR) is 68.0 cm³/mol. The molecule has 6 nitrogen and oxygen atoms in total. The van der Waals surface area contributed by atoms with Gasteiger partial charge in [-0.15, -0.1) is 0 Å². The lowest BCUT2D eigenvalue weighted by Gasteiger charge is -2.25. The molecule has 0 saturated heterocycles. The number of nitrogens with two attached hydrogens (primary N) is 1. The quantitative estimate of drug-likeness (QED) is 0.864. The third kappa shape index (κ3) is 2.15. The van der Waals surface area contributed by atoms with Crippen LogP contribution in [0.1, 0.15) is 26.7 Å². The zero-order valence-corrected chi connectivity index (χ0v) is 10.5. The molecule has 0 saturated carbocycles. The number of anilines is 2. The van der Waals surface area contributed by atoms with Gasteiger partial charge in [0.2, 0.25) is 0 Å². The topological polar surface area (TPSA) is 72.3 Å². The third-order valence-corrected chi connectivity index (χ3v) is 2.99. The monoisotopic (exact) mass is 234 g/mol. The number of nitrogen functional groups attached to an aromatic ring is 1. The fraction of sp³-hybridized carbons (Fsp3) is 0.545. The molecule has 0 aliphatic rings. The maximum atomic E-state index is 5.91. The summed E-state index contributed by atoms with van der Waals surface area (Å²) in [7, 11) is 2.02. The van der Waals surface area contributed by atoms with Gasteiger partial charge < -0.3 is 10.6 Å². The molecule has 0 fully saturated rings. The van der Waals surface area contributed by atoms with Gasteiger partial charge in [0.05, 0.1) is 0 Å². The molecule has 1 unspecified atom stereocenters. The van der Waals surface area contributed by atoms with Crippen molar-refractivity contribution >= 4 is 17.4 Å². The predicted octanol–water partition coefficient (Wildman–Crippen LogP) is 1.33. The molecular weight excluding hydrogens is 216 g/mol. The number of nitrogens with zero attached hydrogens (tertiary/aromatic N) is 5. The summed E-state index contributed by atoms with van der Waals surface area (Å²) in [5.41, 5.74) is 5.91. The molecule has 2 heterocycles. The van der Waals surface area contributed by atoms with Crippen LogP contribution in [0.5, 0.6) is 0 Å². The Morgan fingerprint density at radius 1 is 1.53 bits per heavy atom. The lowest BCUT2D eigenvalue weighted by atomic mass is 10.2. The molecule has 0 aliphatic carbocycles. The van der Waals surface area contributed by atoms with Gasteiger partial charge >= 0.3 is 0 Å². The largest absolute Gasteiger partial charge is 0.383 e. The highest BCUT2D eigenvalue weighted by Crippen LogP contribution is 2.18. The molecule has 2 rings (SSSR count). The number of fused-ring (bicyclic) bond motifs is 1.